The Labute approximate surface area is 195 Å². The third-order valence-electron chi connectivity index (χ3n) is 5.61. The van der Waals surface area contributed by atoms with Crippen molar-refractivity contribution in [1.82, 2.24) is 4.98 Å². The minimum Gasteiger partial charge on any atom is -0.459 e. The van der Waals surface area contributed by atoms with Crippen LogP contribution in [0.25, 0.3) is 0 Å². The minimum atomic E-state index is -0.252. The standard InChI is InChI=1S/C25H22ClN3O2S/c26-17-8-5-7-16(15-17)23(28-21-12-3-4-13-27-21)22-18-9-1-2-11-20(18)32-25(22)29-24(30)19-10-6-14-31-19/h3-8,10,12-15,23H,1-2,9,11H2,(H,27,28)(H,29,30)/t23-/m0/s1. The van der Waals surface area contributed by atoms with Gasteiger partial charge in [0.2, 0.25) is 0 Å². The number of fused-ring (bicyclic) bond motifs is 1. The molecular weight excluding hydrogens is 442 g/mol. The number of aromatic nitrogens is 1. The number of carbonyl (C=O) groups excluding carboxylic acids is 1. The largest absolute Gasteiger partial charge is 0.459 e. The fourth-order valence-corrected chi connectivity index (χ4v) is 5.69. The molecule has 1 amide bonds. The maximum Gasteiger partial charge on any atom is 0.291 e. The summed E-state index contributed by atoms with van der Waals surface area (Å²) in [5.41, 5.74) is 3.41. The number of pyridine rings is 1. The predicted octanol–water partition coefficient (Wildman–Crippen LogP) is 6.72. The van der Waals surface area contributed by atoms with Gasteiger partial charge in [0, 0.05) is 21.7 Å². The molecule has 0 radical (unpaired) electrons. The van der Waals surface area contributed by atoms with Crippen LogP contribution in [0.2, 0.25) is 5.02 Å². The van der Waals surface area contributed by atoms with Crippen molar-refractivity contribution < 1.29 is 9.21 Å². The fourth-order valence-electron chi connectivity index (χ4n) is 4.17. The second kappa shape index (κ2) is 9.18. The van der Waals surface area contributed by atoms with Gasteiger partial charge in [-0.25, -0.2) is 4.98 Å². The van der Waals surface area contributed by atoms with E-state index in [1.807, 2.05) is 36.4 Å². The van der Waals surface area contributed by atoms with Gasteiger partial charge in [0.25, 0.3) is 5.91 Å². The van der Waals surface area contributed by atoms with Crippen molar-refractivity contribution in [2.45, 2.75) is 31.7 Å². The molecule has 3 aromatic heterocycles. The van der Waals surface area contributed by atoms with E-state index in [0.29, 0.717) is 10.8 Å². The molecule has 32 heavy (non-hydrogen) atoms. The lowest BCUT2D eigenvalue weighted by Gasteiger charge is -2.24. The average molecular weight is 464 g/mol. The molecular formula is C25H22ClN3O2S. The van der Waals surface area contributed by atoms with Crippen LogP contribution < -0.4 is 10.6 Å². The second-order valence-corrected chi connectivity index (χ2v) is 9.27. The Hall–Kier alpha value is -3.09. The van der Waals surface area contributed by atoms with E-state index in [9.17, 15) is 4.79 Å². The summed E-state index contributed by atoms with van der Waals surface area (Å²) in [5.74, 6) is 0.799. The highest BCUT2D eigenvalue weighted by Gasteiger charge is 2.29. The summed E-state index contributed by atoms with van der Waals surface area (Å²) < 4.78 is 5.32. The number of rotatable bonds is 6. The van der Waals surface area contributed by atoms with Crippen LogP contribution in [0.5, 0.6) is 0 Å². The quantitative estimate of drug-likeness (QED) is 0.333. The number of hydrogen-bond acceptors (Lipinski definition) is 5. The van der Waals surface area contributed by atoms with E-state index in [1.165, 1.54) is 16.7 Å². The summed E-state index contributed by atoms with van der Waals surface area (Å²) in [7, 11) is 0. The Morgan fingerprint density at radius 2 is 2.00 bits per heavy atom. The molecule has 1 aromatic carbocycles. The number of amides is 1. The number of furan rings is 1. The third kappa shape index (κ3) is 4.29. The lowest BCUT2D eigenvalue weighted by atomic mass is 9.89. The minimum absolute atomic E-state index is 0.214. The molecule has 0 spiro atoms. The number of hydrogen-bond donors (Lipinski definition) is 2. The number of thiophene rings is 1. The molecule has 0 bridgehead atoms. The number of nitrogens with zero attached hydrogens (tertiary/aromatic N) is 1. The van der Waals surface area contributed by atoms with Gasteiger partial charge in [0.05, 0.1) is 12.3 Å². The number of nitrogens with one attached hydrogen (secondary N) is 2. The lowest BCUT2D eigenvalue weighted by Crippen LogP contribution is -2.18. The SMILES string of the molecule is O=C(Nc1sc2c(c1[C@@H](Nc1ccccn1)c1cccc(Cl)c1)CCCC2)c1ccco1. The smallest absolute Gasteiger partial charge is 0.291 e. The first kappa shape index (κ1) is 20.8. The Morgan fingerprint density at radius 1 is 1.09 bits per heavy atom. The highest BCUT2D eigenvalue weighted by Crippen LogP contribution is 2.44. The van der Waals surface area contributed by atoms with Crippen LogP contribution in [-0.4, -0.2) is 10.9 Å². The number of carbonyl (C=O) groups is 1. The molecule has 2 N–H and O–H groups in total. The van der Waals surface area contributed by atoms with Gasteiger partial charge in [-0.15, -0.1) is 11.3 Å². The van der Waals surface area contributed by atoms with Crippen LogP contribution in [-0.2, 0) is 12.8 Å². The van der Waals surface area contributed by atoms with Gasteiger partial charge in [0.15, 0.2) is 5.76 Å². The van der Waals surface area contributed by atoms with Gasteiger partial charge < -0.3 is 15.1 Å². The maximum absolute atomic E-state index is 12.9. The van der Waals surface area contributed by atoms with E-state index in [2.05, 4.69) is 21.7 Å². The van der Waals surface area contributed by atoms with Crippen molar-refractivity contribution in [1.29, 1.82) is 0 Å². The molecule has 0 fully saturated rings. The van der Waals surface area contributed by atoms with Crippen molar-refractivity contribution in [2.24, 2.45) is 0 Å². The molecule has 7 heteroatoms. The third-order valence-corrected chi connectivity index (χ3v) is 7.07. The van der Waals surface area contributed by atoms with E-state index in [0.717, 1.165) is 47.6 Å². The van der Waals surface area contributed by atoms with E-state index in [4.69, 9.17) is 16.0 Å². The van der Waals surface area contributed by atoms with Crippen LogP contribution in [0, 0.1) is 0 Å². The number of aryl methyl sites for hydroxylation is 1. The Morgan fingerprint density at radius 3 is 2.78 bits per heavy atom. The number of anilines is 2. The molecule has 162 valence electrons. The van der Waals surface area contributed by atoms with Gasteiger partial charge >= 0.3 is 0 Å². The zero-order valence-corrected chi connectivity index (χ0v) is 18.9. The van der Waals surface area contributed by atoms with Crippen LogP contribution in [0.4, 0.5) is 10.8 Å². The summed E-state index contributed by atoms with van der Waals surface area (Å²) in [5, 5.41) is 8.21. The summed E-state index contributed by atoms with van der Waals surface area (Å²) in [6.45, 7) is 0. The molecule has 1 aliphatic carbocycles. The summed E-state index contributed by atoms with van der Waals surface area (Å²) in [4.78, 5) is 18.7. The topological polar surface area (TPSA) is 67.2 Å². The van der Waals surface area contributed by atoms with Gasteiger partial charge in [0.1, 0.15) is 10.8 Å². The first-order valence-corrected chi connectivity index (χ1v) is 11.8. The van der Waals surface area contributed by atoms with Gasteiger partial charge in [-0.3, -0.25) is 4.79 Å². The van der Waals surface area contributed by atoms with Crippen molar-refractivity contribution in [3.63, 3.8) is 0 Å². The molecule has 0 saturated carbocycles. The van der Waals surface area contributed by atoms with Gasteiger partial charge in [-0.05, 0) is 73.2 Å². The molecule has 0 aliphatic heterocycles. The highest BCUT2D eigenvalue weighted by molar-refractivity contribution is 7.16. The molecule has 0 saturated heterocycles. The van der Waals surface area contributed by atoms with Crippen molar-refractivity contribution in [2.75, 3.05) is 10.6 Å². The van der Waals surface area contributed by atoms with Crippen molar-refractivity contribution in [3.05, 3.63) is 99.4 Å². The van der Waals surface area contributed by atoms with E-state index < -0.39 is 0 Å². The van der Waals surface area contributed by atoms with Gasteiger partial charge in [-0.1, -0.05) is 29.8 Å². The predicted molar refractivity (Wildman–Crippen MR) is 129 cm³/mol. The molecule has 4 aromatic rings. The summed E-state index contributed by atoms with van der Waals surface area (Å²) in [6.07, 6.45) is 7.57. The first-order valence-electron chi connectivity index (χ1n) is 10.6. The maximum atomic E-state index is 12.9. The van der Waals surface area contributed by atoms with E-state index in [-0.39, 0.29) is 11.9 Å². The average Bonchev–Trinajstić information content (AvgIpc) is 3.46. The van der Waals surface area contributed by atoms with Crippen LogP contribution in [0.15, 0.2) is 71.5 Å². The van der Waals surface area contributed by atoms with Crippen LogP contribution >= 0.6 is 22.9 Å². The molecule has 0 unspecified atom stereocenters. The van der Waals surface area contributed by atoms with E-state index >= 15 is 0 Å². The fraction of sp³-hybridized carbons (Fsp3) is 0.200. The molecule has 5 rings (SSSR count). The van der Waals surface area contributed by atoms with Crippen LogP contribution in [0.1, 0.15) is 51.0 Å². The lowest BCUT2D eigenvalue weighted by molar-refractivity contribution is 0.0997. The second-order valence-electron chi connectivity index (χ2n) is 7.73. The molecule has 1 aliphatic rings. The number of benzene rings is 1. The van der Waals surface area contributed by atoms with Crippen molar-refractivity contribution in [3.8, 4) is 0 Å². The van der Waals surface area contributed by atoms with Gasteiger partial charge in [-0.2, -0.15) is 0 Å². The Kier molecular flexibility index (Phi) is 5.97. The van der Waals surface area contributed by atoms with Crippen LogP contribution in [0.3, 0.4) is 0 Å². The summed E-state index contributed by atoms with van der Waals surface area (Å²) >= 11 is 8.02. The monoisotopic (exact) mass is 463 g/mol. The molecule has 3 heterocycles. The molecule has 1 atom stereocenters. The Bertz CT molecular complexity index is 1220. The zero-order valence-electron chi connectivity index (χ0n) is 17.3. The number of halogens is 1. The van der Waals surface area contributed by atoms with E-state index in [1.54, 1.807) is 29.7 Å². The normalized spacial score (nSPS) is 13.9. The van der Waals surface area contributed by atoms with Crippen molar-refractivity contribution >= 4 is 39.7 Å². The first-order chi connectivity index (χ1) is 15.7. The zero-order chi connectivity index (χ0) is 21.9. The summed E-state index contributed by atoms with van der Waals surface area (Å²) in [6, 6.07) is 16.8. The highest BCUT2D eigenvalue weighted by atomic mass is 35.5. The molecule has 5 nitrogen and oxygen atoms in total. The Balaban J connectivity index is 1.62.